The summed E-state index contributed by atoms with van der Waals surface area (Å²) in [5.74, 6) is -0.896. The second-order valence-electron chi connectivity index (χ2n) is 3.60. The minimum Gasteiger partial charge on any atom is -0.465 e. The van der Waals surface area contributed by atoms with Crippen molar-refractivity contribution in [1.29, 1.82) is 0 Å². The maximum absolute atomic E-state index is 12.8. The molecular formula is C11H9F3O5. The molecule has 2 atom stereocenters. The first-order valence-electron chi connectivity index (χ1n) is 5.15. The summed E-state index contributed by atoms with van der Waals surface area (Å²) >= 11 is 0. The topological polar surface area (TPSA) is 54.0 Å². The van der Waals surface area contributed by atoms with Crippen molar-refractivity contribution in [3.8, 4) is 0 Å². The van der Waals surface area contributed by atoms with E-state index in [1.165, 1.54) is 18.2 Å². The van der Waals surface area contributed by atoms with Crippen LogP contribution < -0.4 is 0 Å². The third kappa shape index (κ3) is 2.86. The second-order valence-corrected chi connectivity index (χ2v) is 3.60. The molecule has 0 amide bonds. The molecule has 2 rings (SSSR count). The monoisotopic (exact) mass is 278 g/mol. The number of halogens is 3. The smallest absolute Gasteiger partial charge is 0.416 e. The molecular weight excluding hydrogens is 269 g/mol. The molecule has 19 heavy (non-hydrogen) atoms. The summed E-state index contributed by atoms with van der Waals surface area (Å²) in [4.78, 5) is 20.2. The zero-order valence-electron chi connectivity index (χ0n) is 9.64. The highest BCUT2D eigenvalue weighted by Gasteiger charge is 2.41. The van der Waals surface area contributed by atoms with Gasteiger partial charge in [-0.15, -0.1) is 0 Å². The van der Waals surface area contributed by atoms with Crippen LogP contribution in [-0.4, -0.2) is 19.4 Å². The molecule has 0 aliphatic carbocycles. The van der Waals surface area contributed by atoms with Gasteiger partial charge in [-0.2, -0.15) is 22.9 Å². The van der Waals surface area contributed by atoms with E-state index in [2.05, 4.69) is 14.5 Å². The number of esters is 1. The second kappa shape index (κ2) is 5.16. The summed E-state index contributed by atoms with van der Waals surface area (Å²) in [6, 6.07) is 4.69. The van der Waals surface area contributed by atoms with Crippen molar-refractivity contribution in [1.82, 2.24) is 0 Å². The SMILES string of the molecule is COC(=O)C1OOC(c2ccccc2C(F)(F)F)O1. The van der Waals surface area contributed by atoms with Gasteiger partial charge >= 0.3 is 12.1 Å². The quantitative estimate of drug-likeness (QED) is 0.613. The zero-order valence-corrected chi connectivity index (χ0v) is 9.64. The van der Waals surface area contributed by atoms with E-state index in [0.29, 0.717) is 0 Å². The summed E-state index contributed by atoms with van der Waals surface area (Å²) in [6.45, 7) is 0. The van der Waals surface area contributed by atoms with Gasteiger partial charge in [0.2, 0.25) is 6.29 Å². The average Bonchev–Trinajstić information content (AvgIpc) is 2.86. The number of carbonyl (C=O) groups excluding carboxylic acids is 1. The third-order valence-electron chi connectivity index (χ3n) is 2.39. The van der Waals surface area contributed by atoms with Gasteiger partial charge in [-0.3, -0.25) is 0 Å². The van der Waals surface area contributed by atoms with E-state index in [4.69, 9.17) is 4.74 Å². The van der Waals surface area contributed by atoms with Crippen LogP contribution in [0.4, 0.5) is 13.2 Å². The van der Waals surface area contributed by atoms with Gasteiger partial charge in [0, 0.05) is 5.56 Å². The fraction of sp³-hybridized carbons (Fsp3) is 0.364. The fourth-order valence-electron chi connectivity index (χ4n) is 1.54. The van der Waals surface area contributed by atoms with E-state index in [9.17, 15) is 18.0 Å². The van der Waals surface area contributed by atoms with Gasteiger partial charge in [0.15, 0.2) is 0 Å². The maximum atomic E-state index is 12.8. The molecule has 0 N–H and O–H groups in total. The van der Waals surface area contributed by atoms with Gasteiger partial charge in [0.05, 0.1) is 12.7 Å². The van der Waals surface area contributed by atoms with Gasteiger partial charge < -0.3 is 9.47 Å². The molecule has 1 aliphatic heterocycles. The highest BCUT2D eigenvalue weighted by Crippen LogP contribution is 2.38. The van der Waals surface area contributed by atoms with Crippen LogP contribution in [0, 0.1) is 0 Å². The van der Waals surface area contributed by atoms with E-state index in [-0.39, 0.29) is 5.56 Å². The van der Waals surface area contributed by atoms with E-state index in [1.54, 1.807) is 0 Å². The van der Waals surface area contributed by atoms with Crippen LogP contribution >= 0.6 is 0 Å². The summed E-state index contributed by atoms with van der Waals surface area (Å²) < 4.78 is 47.6. The van der Waals surface area contributed by atoms with Gasteiger partial charge in [-0.25, -0.2) is 4.79 Å². The van der Waals surface area contributed by atoms with Crippen LogP contribution in [-0.2, 0) is 30.2 Å². The molecule has 0 saturated carbocycles. The van der Waals surface area contributed by atoms with Crippen LogP contribution in [0.2, 0.25) is 0 Å². The summed E-state index contributed by atoms with van der Waals surface area (Å²) in [5.41, 5.74) is -1.20. The number of hydrogen-bond acceptors (Lipinski definition) is 5. The molecule has 2 unspecified atom stereocenters. The highest BCUT2D eigenvalue weighted by atomic mass is 19.4. The van der Waals surface area contributed by atoms with E-state index < -0.39 is 30.3 Å². The number of carbonyl (C=O) groups is 1. The standard InChI is InChI=1S/C11H9F3O5/c1-16-8(15)10-17-9(18-19-10)6-4-2-3-5-7(6)11(12,13)14/h2-5,9-10H,1H3. The van der Waals surface area contributed by atoms with E-state index in [0.717, 1.165) is 13.2 Å². The minimum absolute atomic E-state index is 0.276. The normalized spacial score (nSPS) is 23.4. The van der Waals surface area contributed by atoms with Crippen LogP contribution in [0.15, 0.2) is 24.3 Å². The van der Waals surface area contributed by atoms with Gasteiger partial charge in [-0.05, 0) is 6.07 Å². The molecule has 1 aliphatic rings. The van der Waals surface area contributed by atoms with Crippen molar-refractivity contribution in [2.24, 2.45) is 0 Å². The highest BCUT2D eigenvalue weighted by molar-refractivity contribution is 5.73. The van der Waals surface area contributed by atoms with Crippen LogP contribution in [0.5, 0.6) is 0 Å². The molecule has 1 aromatic carbocycles. The molecule has 104 valence electrons. The predicted molar refractivity (Wildman–Crippen MR) is 53.2 cm³/mol. The van der Waals surface area contributed by atoms with Crippen molar-refractivity contribution < 1.29 is 37.2 Å². The van der Waals surface area contributed by atoms with Crippen LogP contribution in [0.25, 0.3) is 0 Å². The Morgan fingerprint density at radius 2 is 1.95 bits per heavy atom. The Bertz CT molecular complexity index is 474. The third-order valence-corrected chi connectivity index (χ3v) is 2.39. The Balaban J connectivity index is 2.23. The first-order chi connectivity index (χ1) is 8.93. The lowest BCUT2D eigenvalue weighted by Gasteiger charge is -2.15. The minimum atomic E-state index is -4.56. The van der Waals surface area contributed by atoms with E-state index >= 15 is 0 Å². The maximum Gasteiger partial charge on any atom is 0.416 e. The lowest BCUT2D eigenvalue weighted by Crippen LogP contribution is -2.23. The first-order valence-corrected chi connectivity index (χ1v) is 5.15. The Kier molecular flexibility index (Phi) is 3.74. The summed E-state index contributed by atoms with van der Waals surface area (Å²) in [5, 5.41) is 0. The van der Waals surface area contributed by atoms with Gasteiger partial charge in [-0.1, -0.05) is 18.2 Å². The predicted octanol–water partition coefficient (Wildman–Crippen LogP) is 2.18. The Morgan fingerprint density at radius 3 is 2.58 bits per heavy atom. The molecule has 1 fully saturated rings. The van der Waals surface area contributed by atoms with Crippen molar-refractivity contribution in [2.45, 2.75) is 18.8 Å². The molecule has 0 radical (unpaired) electrons. The van der Waals surface area contributed by atoms with E-state index in [1.807, 2.05) is 0 Å². The Morgan fingerprint density at radius 1 is 1.26 bits per heavy atom. The lowest BCUT2D eigenvalue weighted by atomic mass is 10.1. The van der Waals surface area contributed by atoms with Gasteiger partial charge in [0.1, 0.15) is 0 Å². The molecule has 1 heterocycles. The number of ether oxygens (including phenoxy) is 2. The molecule has 5 nitrogen and oxygen atoms in total. The average molecular weight is 278 g/mol. The van der Waals surface area contributed by atoms with Crippen LogP contribution in [0.3, 0.4) is 0 Å². The summed E-state index contributed by atoms with van der Waals surface area (Å²) in [7, 11) is 1.09. The van der Waals surface area contributed by atoms with Gasteiger partial charge in [0.25, 0.3) is 6.29 Å². The van der Waals surface area contributed by atoms with Crippen molar-refractivity contribution in [2.75, 3.05) is 7.11 Å². The van der Waals surface area contributed by atoms with Crippen molar-refractivity contribution >= 4 is 5.97 Å². The first kappa shape index (κ1) is 13.8. The zero-order chi connectivity index (χ0) is 14.0. The number of rotatable bonds is 2. The fourth-order valence-corrected chi connectivity index (χ4v) is 1.54. The molecule has 1 aromatic rings. The van der Waals surface area contributed by atoms with Crippen LogP contribution in [0.1, 0.15) is 17.4 Å². The number of methoxy groups -OCH3 is 1. The Hall–Kier alpha value is -1.64. The van der Waals surface area contributed by atoms with Crippen molar-refractivity contribution in [3.63, 3.8) is 0 Å². The molecule has 0 aromatic heterocycles. The molecule has 0 bridgehead atoms. The Labute approximate surface area is 105 Å². The number of benzene rings is 1. The molecule has 8 heteroatoms. The number of alkyl halides is 3. The van der Waals surface area contributed by atoms with Crippen molar-refractivity contribution in [3.05, 3.63) is 35.4 Å². The largest absolute Gasteiger partial charge is 0.465 e. The summed E-state index contributed by atoms with van der Waals surface area (Å²) in [6.07, 6.45) is -7.51. The number of hydrogen-bond donors (Lipinski definition) is 0. The molecule has 1 saturated heterocycles. The lowest BCUT2D eigenvalue weighted by molar-refractivity contribution is -0.297. The molecule has 0 spiro atoms.